The van der Waals surface area contributed by atoms with Gasteiger partial charge < -0.3 is 15.2 Å². The number of ether oxygens (including phenoxy) is 1. The van der Waals surface area contributed by atoms with Crippen molar-refractivity contribution in [2.24, 2.45) is 0 Å². The van der Waals surface area contributed by atoms with Gasteiger partial charge in [-0.2, -0.15) is 0 Å². The highest BCUT2D eigenvalue weighted by atomic mass is 35.5. The number of aliphatic carboxylic acids is 1. The predicted octanol–water partition coefficient (Wildman–Crippen LogP) is 3.25. The van der Waals surface area contributed by atoms with E-state index in [4.69, 9.17) is 21.4 Å². The molecule has 0 saturated heterocycles. The topological polar surface area (TPSA) is 58.6 Å². The number of carbonyl (C=O) groups is 1. The summed E-state index contributed by atoms with van der Waals surface area (Å²) in [6.07, 6.45) is -0.429. The van der Waals surface area contributed by atoms with Gasteiger partial charge in [0.1, 0.15) is 5.75 Å². The zero-order valence-electron chi connectivity index (χ0n) is 11.4. The van der Waals surface area contributed by atoms with Crippen LogP contribution in [0.5, 0.6) is 5.75 Å². The van der Waals surface area contributed by atoms with E-state index in [1.54, 1.807) is 25.1 Å². The summed E-state index contributed by atoms with van der Waals surface area (Å²) < 4.78 is 5.58. The highest BCUT2D eigenvalue weighted by Gasteiger charge is 2.20. The second-order valence-corrected chi connectivity index (χ2v) is 4.75. The first-order chi connectivity index (χ1) is 8.99. The van der Waals surface area contributed by atoms with E-state index in [0.29, 0.717) is 17.2 Å². The Kier molecular flexibility index (Phi) is 6.12. The molecule has 0 aliphatic heterocycles. The van der Waals surface area contributed by atoms with Crippen LogP contribution in [0, 0.1) is 0 Å². The maximum atomic E-state index is 11.0. The highest BCUT2D eigenvalue weighted by Crippen LogP contribution is 2.29. The lowest BCUT2D eigenvalue weighted by atomic mass is 10.1. The lowest BCUT2D eigenvalue weighted by molar-refractivity contribution is -0.145. The molecule has 106 valence electrons. The average molecular weight is 286 g/mol. The summed E-state index contributed by atoms with van der Waals surface area (Å²) in [7, 11) is 0. The lowest BCUT2D eigenvalue weighted by Gasteiger charge is -2.20. The summed E-state index contributed by atoms with van der Waals surface area (Å²) in [4.78, 5) is 11.0. The summed E-state index contributed by atoms with van der Waals surface area (Å²) in [6.45, 7) is 6.59. The van der Waals surface area contributed by atoms with Crippen molar-refractivity contribution in [2.45, 2.75) is 39.3 Å². The van der Waals surface area contributed by atoms with Gasteiger partial charge in [0.25, 0.3) is 0 Å². The second kappa shape index (κ2) is 7.36. The van der Waals surface area contributed by atoms with Crippen molar-refractivity contribution in [3.63, 3.8) is 0 Å². The minimum Gasteiger partial charge on any atom is -0.479 e. The van der Waals surface area contributed by atoms with Gasteiger partial charge in [0, 0.05) is 16.6 Å². The van der Waals surface area contributed by atoms with Crippen LogP contribution in [0.25, 0.3) is 0 Å². The molecule has 4 nitrogen and oxygen atoms in total. The van der Waals surface area contributed by atoms with Gasteiger partial charge in [-0.1, -0.05) is 25.4 Å². The van der Waals surface area contributed by atoms with Gasteiger partial charge in [0.2, 0.25) is 0 Å². The molecule has 0 aromatic heterocycles. The molecule has 2 atom stereocenters. The molecule has 19 heavy (non-hydrogen) atoms. The van der Waals surface area contributed by atoms with Gasteiger partial charge >= 0.3 is 5.97 Å². The number of hydrogen-bond acceptors (Lipinski definition) is 3. The Morgan fingerprint density at radius 3 is 2.68 bits per heavy atom. The normalized spacial score (nSPS) is 13.9. The van der Waals surface area contributed by atoms with Crippen LogP contribution in [0.1, 0.15) is 38.8 Å². The van der Waals surface area contributed by atoms with Crippen molar-refractivity contribution in [1.29, 1.82) is 0 Å². The monoisotopic (exact) mass is 285 g/mol. The summed E-state index contributed by atoms with van der Waals surface area (Å²) in [5, 5.41) is 12.9. The molecule has 2 N–H and O–H groups in total. The maximum absolute atomic E-state index is 11.0. The largest absolute Gasteiger partial charge is 0.479 e. The molecule has 1 aromatic carbocycles. The van der Waals surface area contributed by atoms with Crippen LogP contribution in [0.15, 0.2) is 18.2 Å². The molecule has 0 heterocycles. The summed E-state index contributed by atoms with van der Waals surface area (Å²) >= 11 is 5.99. The van der Waals surface area contributed by atoms with Crippen LogP contribution in [0.3, 0.4) is 0 Å². The van der Waals surface area contributed by atoms with E-state index in [1.807, 2.05) is 13.8 Å². The van der Waals surface area contributed by atoms with E-state index in [-0.39, 0.29) is 6.04 Å². The van der Waals surface area contributed by atoms with Gasteiger partial charge in [-0.3, -0.25) is 0 Å². The Morgan fingerprint density at radius 1 is 1.47 bits per heavy atom. The molecule has 2 unspecified atom stereocenters. The molecule has 5 heteroatoms. The fourth-order valence-electron chi connectivity index (χ4n) is 1.84. The summed E-state index contributed by atoms with van der Waals surface area (Å²) in [5.41, 5.74) is 0.869. The van der Waals surface area contributed by atoms with Crippen molar-refractivity contribution < 1.29 is 14.6 Å². The number of nitrogens with one attached hydrogen (secondary N) is 1. The average Bonchev–Trinajstić information content (AvgIpc) is 2.37. The molecule has 0 radical (unpaired) electrons. The Labute approximate surface area is 118 Å². The smallest absolute Gasteiger partial charge is 0.344 e. The van der Waals surface area contributed by atoms with E-state index in [2.05, 4.69) is 5.32 Å². The third kappa shape index (κ3) is 4.40. The van der Waals surface area contributed by atoms with E-state index in [0.717, 1.165) is 12.1 Å². The Morgan fingerprint density at radius 2 is 2.16 bits per heavy atom. The third-order valence-electron chi connectivity index (χ3n) is 2.86. The van der Waals surface area contributed by atoms with Crippen LogP contribution in [0.2, 0.25) is 5.02 Å². The molecule has 0 fully saturated rings. The van der Waals surface area contributed by atoms with Crippen molar-refractivity contribution in [3.8, 4) is 5.75 Å². The zero-order chi connectivity index (χ0) is 14.4. The number of rotatable bonds is 7. The predicted molar refractivity (Wildman–Crippen MR) is 75.9 cm³/mol. The quantitative estimate of drug-likeness (QED) is 0.807. The first-order valence-electron chi connectivity index (χ1n) is 6.41. The lowest BCUT2D eigenvalue weighted by Crippen LogP contribution is -2.27. The first kappa shape index (κ1) is 15.8. The Bertz CT molecular complexity index is 437. The van der Waals surface area contributed by atoms with Gasteiger partial charge in [0.15, 0.2) is 6.10 Å². The van der Waals surface area contributed by atoms with Crippen molar-refractivity contribution in [1.82, 2.24) is 5.32 Å². The van der Waals surface area contributed by atoms with Crippen LogP contribution in [-0.2, 0) is 4.79 Å². The first-order valence-corrected chi connectivity index (χ1v) is 6.79. The second-order valence-electron chi connectivity index (χ2n) is 4.31. The van der Waals surface area contributed by atoms with E-state index in [9.17, 15) is 4.79 Å². The molecule has 0 spiro atoms. The van der Waals surface area contributed by atoms with Crippen molar-refractivity contribution in [3.05, 3.63) is 28.8 Å². The van der Waals surface area contributed by atoms with E-state index >= 15 is 0 Å². The van der Waals surface area contributed by atoms with Gasteiger partial charge in [-0.25, -0.2) is 4.79 Å². The van der Waals surface area contributed by atoms with Crippen LogP contribution in [-0.4, -0.2) is 23.7 Å². The standard InChI is InChI=1S/C14H20ClNO3/c1-4-12(14(17)18)19-13-7-6-10(15)8-11(13)9(3)16-5-2/h6-9,12,16H,4-5H2,1-3H3,(H,17,18). The molecule has 0 bridgehead atoms. The summed E-state index contributed by atoms with van der Waals surface area (Å²) in [5.74, 6) is -0.397. The molecule has 0 aliphatic carbocycles. The van der Waals surface area contributed by atoms with Crippen molar-refractivity contribution >= 4 is 17.6 Å². The van der Waals surface area contributed by atoms with Crippen LogP contribution in [0.4, 0.5) is 0 Å². The molecule has 1 rings (SSSR count). The molecule has 0 aliphatic rings. The minimum atomic E-state index is -0.959. The zero-order valence-corrected chi connectivity index (χ0v) is 12.2. The number of carboxylic acids is 1. The van der Waals surface area contributed by atoms with Gasteiger partial charge in [-0.05, 0) is 38.1 Å². The molecular formula is C14H20ClNO3. The SMILES string of the molecule is CCNC(C)c1cc(Cl)ccc1OC(CC)C(=O)O. The maximum Gasteiger partial charge on any atom is 0.344 e. The highest BCUT2D eigenvalue weighted by molar-refractivity contribution is 6.30. The molecular weight excluding hydrogens is 266 g/mol. The number of carboxylic acid groups (broad SMARTS) is 1. The fourth-order valence-corrected chi connectivity index (χ4v) is 2.02. The van der Waals surface area contributed by atoms with Crippen molar-refractivity contribution in [2.75, 3.05) is 6.54 Å². The van der Waals surface area contributed by atoms with Gasteiger partial charge in [0.05, 0.1) is 0 Å². The fraction of sp³-hybridized carbons (Fsp3) is 0.500. The minimum absolute atomic E-state index is 0.0463. The van der Waals surface area contributed by atoms with E-state index in [1.165, 1.54) is 0 Å². The van der Waals surface area contributed by atoms with E-state index < -0.39 is 12.1 Å². The molecule has 1 aromatic rings. The Balaban J connectivity index is 3.02. The van der Waals surface area contributed by atoms with Crippen LogP contribution < -0.4 is 10.1 Å². The number of halogens is 1. The molecule has 0 saturated carbocycles. The third-order valence-corrected chi connectivity index (χ3v) is 3.10. The summed E-state index contributed by atoms with van der Waals surface area (Å²) in [6, 6.07) is 5.27. The van der Waals surface area contributed by atoms with Crippen LogP contribution >= 0.6 is 11.6 Å². The van der Waals surface area contributed by atoms with Gasteiger partial charge in [-0.15, -0.1) is 0 Å². The Hall–Kier alpha value is -1.26. The molecule has 0 amide bonds. The number of hydrogen-bond donors (Lipinski definition) is 2. The number of benzene rings is 1.